The van der Waals surface area contributed by atoms with Gasteiger partial charge in [-0.05, 0) is 36.6 Å². The first-order valence-corrected chi connectivity index (χ1v) is 8.76. The summed E-state index contributed by atoms with van der Waals surface area (Å²) >= 11 is 3.52. The molecule has 0 aliphatic rings. The van der Waals surface area contributed by atoms with E-state index in [4.69, 9.17) is 9.15 Å². The summed E-state index contributed by atoms with van der Waals surface area (Å²) in [5.41, 5.74) is 2.14. The van der Waals surface area contributed by atoms with Gasteiger partial charge >= 0.3 is 5.63 Å². The fraction of sp³-hybridized carbons (Fsp3) is 0.0952. The minimum atomic E-state index is -0.325. The summed E-state index contributed by atoms with van der Waals surface area (Å²) < 4.78 is 12.6. The number of halogens is 1. The van der Waals surface area contributed by atoms with Crippen molar-refractivity contribution in [2.45, 2.75) is 13.5 Å². The molecule has 4 rings (SSSR count). The zero-order valence-electron chi connectivity index (χ0n) is 13.6. The van der Waals surface area contributed by atoms with Gasteiger partial charge in [-0.25, -0.2) is 4.79 Å². The van der Waals surface area contributed by atoms with Gasteiger partial charge in [0, 0.05) is 21.0 Å². The van der Waals surface area contributed by atoms with Gasteiger partial charge in [-0.15, -0.1) is 0 Å². The van der Waals surface area contributed by atoms with Crippen molar-refractivity contribution in [3.05, 3.63) is 86.7 Å². The van der Waals surface area contributed by atoms with Crippen molar-refractivity contribution in [1.29, 1.82) is 0 Å². The van der Waals surface area contributed by atoms with Gasteiger partial charge in [0.25, 0.3) is 0 Å². The summed E-state index contributed by atoms with van der Waals surface area (Å²) in [6.07, 6.45) is 0. The third-order valence-corrected chi connectivity index (χ3v) is 5.10. The van der Waals surface area contributed by atoms with Crippen LogP contribution in [0.15, 0.2) is 74.3 Å². The van der Waals surface area contributed by atoms with E-state index in [1.54, 1.807) is 6.07 Å². The van der Waals surface area contributed by atoms with Crippen LogP contribution in [0.2, 0.25) is 0 Å². The quantitative estimate of drug-likeness (QED) is 0.335. The summed E-state index contributed by atoms with van der Waals surface area (Å²) in [6, 6.07) is 19.3. The Morgan fingerprint density at radius 2 is 1.64 bits per heavy atom. The second-order valence-corrected chi connectivity index (χ2v) is 6.73. The first-order chi connectivity index (χ1) is 12.1. The van der Waals surface area contributed by atoms with E-state index in [1.807, 2.05) is 61.5 Å². The lowest BCUT2D eigenvalue weighted by atomic mass is 10.0. The number of fused-ring (bicyclic) bond motifs is 3. The van der Waals surface area contributed by atoms with Gasteiger partial charge in [-0.3, -0.25) is 0 Å². The van der Waals surface area contributed by atoms with E-state index >= 15 is 0 Å². The topological polar surface area (TPSA) is 39.4 Å². The fourth-order valence-electron chi connectivity index (χ4n) is 2.99. The molecule has 0 saturated heterocycles. The monoisotopic (exact) mass is 394 g/mol. The zero-order chi connectivity index (χ0) is 17.4. The van der Waals surface area contributed by atoms with Crippen LogP contribution in [-0.4, -0.2) is 0 Å². The lowest BCUT2D eigenvalue weighted by Gasteiger charge is -2.12. The molecule has 0 amide bonds. The summed E-state index contributed by atoms with van der Waals surface area (Å²) in [4.78, 5) is 12.3. The summed E-state index contributed by atoms with van der Waals surface area (Å²) in [5.74, 6) is 0.710. The summed E-state index contributed by atoms with van der Waals surface area (Å²) in [7, 11) is 0. The molecule has 0 spiro atoms. The van der Waals surface area contributed by atoms with E-state index in [-0.39, 0.29) is 5.63 Å². The number of aryl methyl sites for hydroxylation is 1. The second kappa shape index (κ2) is 6.37. The van der Waals surface area contributed by atoms with Gasteiger partial charge in [-0.2, -0.15) is 0 Å². The molecule has 4 aromatic rings. The SMILES string of the molecule is Cc1c(OCc2ccccc2Br)ccc2c1oc(=O)c1ccccc12. The molecule has 0 N–H and O–H groups in total. The molecular weight excluding hydrogens is 380 g/mol. The Morgan fingerprint density at radius 1 is 0.920 bits per heavy atom. The predicted molar refractivity (Wildman–Crippen MR) is 103 cm³/mol. The van der Waals surface area contributed by atoms with E-state index in [1.165, 1.54) is 0 Å². The van der Waals surface area contributed by atoms with E-state index in [0.29, 0.717) is 23.3 Å². The van der Waals surface area contributed by atoms with E-state index < -0.39 is 0 Å². The smallest absolute Gasteiger partial charge is 0.344 e. The van der Waals surface area contributed by atoms with Gasteiger partial charge in [0.2, 0.25) is 0 Å². The Labute approximate surface area is 153 Å². The number of ether oxygens (including phenoxy) is 1. The van der Waals surface area contributed by atoms with Gasteiger partial charge in [-0.1, -0.05) is 52.3 Å². The molecule has 0 bridgehead atoms. The normalized spacial score (nSPS) is 11.1. The molecule has 1 aromatic heterocycles. The highest BCUT2D eigenvalue weighted by molar-refractivity contribution is 9.10. The largest absolute Gasteiger partial charge is 0.488 e. The van der Waals surface area contributed by atoms with E-state index in [9.17, 15) is 4.79 Å². The minimum absolute atomic E-state index is 0.325. The highest BCUT2D eigenvalue weighted by atomic mass is 79.9. The lowest BCUT2D eigenvalue weighted by Crippen LogP contribution is -2.02. The maximum Gasteiger partial charge on any atom is 0.344 e. The maximum atomic E-state index is 12.3. The van der Waals surface area contributed by atoms with Gasteiger partial charge in [0.05, 0.1) is 5.39 Å². The predicted octanol–water partition coefficient (Wildman–Crippen LogP) is 5.60. The Morgan fingerprint density at radius 3 is 2.44 bits per heavy atom. The van der Waals surface area contributed by atoms with Crippen LogP contribution in [0.3, 0.4) is 0 Å². The van der Waals surface area contributed by atoms with Crippen molar-refractivity contribution in [2.75, 3.05) is 0 Å². The third kappa shape index (κ3) is 2.83. The van der Waals surface area contributed by atoms with Gasteiger partial charge in [0.1, 0.15) is 17.9 Å². The Hall–Kier alpha value is -2.59. The number of rotatable bonds is 3. The molecule has 124 valence electrons. The Bertz CT molecular complexity index is 1140. The number of benzene rings is 3. The maximum absolute atomic E-state index is 12.3. The molecule has 3 nitrogen and oxygen atoms in total. The highest BCUT2D eigenvalue weighted by Crippen LogP contribution is 2.31. The molecule has 0 saturated carbocycles. The van der Waals surface area contributed by atoms with Crippen LogP contribution in [0.5, 0.6) is 5.75 Å². The van der Waals surface area contributed by atoms with Crippen molar-refractivity contribution in [3.8, 4) is 5.75 Å². The van der Waals surface area contributed by atoms with Gasteiger partial charge < -0.3 is 9.15 Å². The summed E-state index contributed by atoms with van der Waals surface area (Å²) in [6.45, 7) is 2.35. The molecular formula is C21H15BrO3. The van der Waals surface area contributed by atoms with Crippen LogP contribution < -0.4 is 10.4 Å². The van der Waals surface area contributed by atoms with Crippen molar-refractivity contribution in [2.24, 2.45) is 0 Å². The molecule has 25 heavy (non-hydrogen) atoms. The summed E-state index contributed by atoms with van der Waals surface area (Å²) in [5, 5.41) is 2.41. The first-order valence-electron chi connectivity index (χ1n) is 7.96. The van der Waals surface area contributed by atoms with Crippen molar-refractivity contribution in [3.63, 3.8) is 0 Å². The van der Waals surface area contributed by atoms with Crippen LogP contribution in [0.1, 0.15) is 11.1 Å². The first kappa shape index (κ1) is 15.9. The van der Waals surface area contributed by atoms with Crippen LogP contribution in [0.25, 0.3) is 21.7 Å². The van der Waals surface area contributed by atoms with Crippen molar-refractivity contribution in [1.82, 2.24) is 0 Å². The van der Waals surface area contributed by atoms with Crippen LogP contribution in [0.4, 0.5) is 0 Å². The molecule has 0 fully saturated rings. The van der Waals surface area contributed by atoms with Crippen LogP contribution in [0, 0.1) is 6.92 Å². The molecule has 4 heteroatoms. The Kier molecular flexibility index (Phi) is 4.06. The fourth-order valence-corrected chi connectivity index (χ4v) is 3.39. The van der Waals surface area contributed by atoms with Crippen molar-refractivity contribution < 1.29 is 9.15 Å². The second-order valence-electron chi connectivity index (χ2n) is 5.88. The minimum Gasteiger partial charge on any atom is -0.488 e. The lowest BCUT2D eigenvalue weighted by molar-refractivity contribution is 0.303. The molecule has 0 aliphatic heterocycles. The molecule has 0 aliphatic carbocycles. The van der Waals surface area contributed by atoms with E-state index in [0.717, 1.165) is 26.4 Å². The third-order valence-electron chi connectivity index (χ3n) is 4.33. The van der Waals surface area contributed by atoms with Crippen molar-refractivity contribution >= 4 is 37.7 Å². The average molecular weight is 395 g/mol. The number of hydrogen-bond donors (Lipinski definition) is 0. The Balaban J connectivity index is 1.79. The van der Waals surface area contributed by atoms with Gasteiger partial charge in [0.15, 0.2) is 0 Å². The molecule has 0 atom stereocenters. The van der Waals surface area contributed by atoms with E-state index in [2.05, 4.69) is 15.9 Å². The molecule has 3 aromatic carbocycles. The number of hydrogen-bond acceptors (Lipinski definition) is 3. The molecule has 0 unspecified atom stereocenters. The average Bonchev–Trinajstić information content (AvgIpc) is 2.63. The standard InChI is InChI=1S/C21H15BrO3/c1-13-19(24-12-14-6-2-5-9-18(14)22)11-10-16-15-7-3-4-8-17(15)21(23)25-20(13)16/h2-11H,12H2,1H3. The highest BCUT2D eigenvalue weighted by Gasteiger charge is 2.12. The molecule has 0 radical (unpaired) electrons. The molecule has 1 heterocycles. The van der Waals surface area contributed by atoms with Crippen LogP contribution in [-0.2, 0) is 6.61 Å². The zero-order valence-corrected chi connectivity index (χ0v) is 15.2. The van der Waals surface area contributed by atoms with Crippen LogP contribution >= 0.6 is 15.9 Å².